The average Bonchev–Trinajstić information content (AvgIpc) is 3.11. The standard InChI is InChI=1S/C20H21Cl2FN4O3/c21-18(22)19(28)25-11-15-12-27(20(29)30-15)14-3-4-17(16(23)10-14)26-8-5-13(6-9-26)2-1-7-24/h2-4,10,15,18H,1,5-6,8-9,11-12H2,(H,25,28). The maximum absolute atomic E-state index is 14.8. The second-order valence-electron chi connectivity index (χ2n) is 7.01. The SMILES string of the molecule is N#CCC=C1CCN(c2ccc(N3CC(CNC(=O)C(Cl)Cl)OC3=O)cc2F)CC1. The van der Waals surface area contributed by atoms with Crippen molar-refractivity contribution in [1.82, 2.24) is 5.32 Å². The number of allylic oxidation sites excluding steroid dienone is 1. The number of amides is 2. The Morgan fingerprint density at radius 3 is 2.77 bits per heavy atom. The zero-order valence-corrected chi connectivity index (χ0v) is 17.6. The number of cyclic esters (lactones) is 1. The van der Waals surface area contributed by atoms with Gasteiger partial charge in [0.15, 0.2) is 4.84 Å². The maximum atomic E-state index is 14.8. The molecule has 2 aliphatic rings. The molecule has 160 valence electrons. The molecule has 2 amide bonds. The summed E-state index contributed by atoms with van der Waals surface area (Å²) < 4.78 is 20.0. The number of rotatable bonds is 6. The fourth-order valence-electron chi connectivity index (χ4n) is 3.48. The third kappa shape index (κ3) is 5.35. The molecule has 3 rings (SSSR count). The molecule has 2 heterocycles. The minimum atomic E-state index is -1.20. The molecule has 0 bridgehead atoms. The van der Waals surface area contributed by atoms with Gasteiger partial charge in [-0.05, 0) is 31.0 Å². The van der Waals surface area contributed by atoms with Gasteiger partial charge in [-0.1, -0.05) is 34.9 Å². The van der Waals surface area contributed by atoms with E-state index in [0.29, 0.717) is 30.9 Å². The van der Waals surface area contributed by atoms with Gasteiger partial charge >= 0.3 is 6.09 Å². The van der Waals surface area contributed by atoms with Gasteiger partial charge in [0.25, 0.3) is 5.91 Å². The van der Waals surface area contributed by atoms with Crippen molar-refractivity contribution in [2.45, 2.75) is 30.2 Å². The number of anilines is 2. The molecule has 0 saturated carbocycles. The molecule has 0 radical (unpaired) electrons. The largest absolute Gasteiger partial charge is 0.442 e. The summed E-state index contributed by atoms with van der Waals surface area (Å²) in [4.78, 5) is 25.7. The number of carbonyl (C=O) groups is 2. The number of benzene rings is 1. The van der Waals surface area contributed by atoms with E-state index in [0.717, 1.165) is 12.8 Å². The van der Waals surface area contributed by atoms with Crippen LogP contribution in [0.15, 0.2) is 29.8 Å². The predicted molar refractivity (Wildman–Crippen MR) is 112 cm³/mol. The van der Waals surface area contributed by atoms with Gasteiger partial charge in [0, 0.05) is 13.1 Å². The molecule has 1 unspecified atom stereocenters. The zero-order valence-electron chi connectivity index (χ0n) is 16.1. The summed E-state index contributed by atoms with van der Waals surface area (Å²) >= 11 is 10.9. The third-order valence-electron chi connectivity index (χ3n) is 5.05. The second kappa shape index (κ2) is 10.0. The Bertz CT molecular complexity index is 877. The molecule has 30 heavy (non-hydrogen) atoms. The van der Waals surface area contributed by atoms with Crippen molar-refractivity contribution in [2.75, 3.05) is 36.0 Å². The Kier molecular flexibility index (Phi) is 7.40. The molecule has 1 atom stereocenters. The summed E-state index contributed by atoms with van der Waals surface area (Å²) in [6.07, 6.45) is 2.72. The summed E-state index contributed by atoms with van der Waals surface area (Å²) in [6.45, 7) is 1.57. The number of alkyl halides is 2. The van der Waals surface area contributed by atoms with E-state index in [1.165, 1.54) is 16.5 Å². The topological polar surface area (TPSA) is 85.7 Å². The average molecular weight is 455 g/mol. The van der Waals surface area contributed by atoms with Gasteiger partial charge in [0.05, 0.1) is 37.0 Å². The van der Waals surface area contributed by atoms with Gasteiger partial charge < -0.3 is 15.0 Å². The fraction of sp³-hybridized carbons (Fsp3) is 0.450. The lowest BCUT2D eigenvalue weighted by Gasteiger charge is -2.31. The number of nitriles is 1. The quantitative estimate of drug-likeness (QED) is 0.524. The van der Waals surface area contributed by atoms with Crippen molar-refractivity contribution < 1.29 is 18.7 Å². The van der Waals surface area contributed by atoms with Gasteiger partial charge in [0.1, 0.15) is 11.9 Å². The second-order valence-corrected chi connectivity index (χ2v) is 8.11. The monoisotopic (exact) mass is 454 g/mol. The first-order chi connectivity index (χ1) is 14.4. The van der Waals surface area contributed by atoms with E-state index in [2.05, 4.69) is 11.4 Å². The van der Waals surface area contributed by atoms with Crippen molar-refractivity contribution in [3.8, 4) is 6.07 Å². The van der Waals surface area contributed by atoms with Crippen LogP contribution in [-0.4, -0.2) is 49.1 Å². The van der Waals surface area contributed by atoms with Crippen LogP contribution < -0.4 is 15.1 Å². The number of hydrogen-bond donors (Lipinski definition) is 1. The summed E-state index contributed by atoms with van der Waals surface area (Å²) in [5, 5.41) is 11.2. The minimum Gasteiger partial charge on any atom is -0.442 e. The van der Waals surface area contributed by atoms with Crippen LogP contribution in [0.3, 0.4) is 0 Å². The third-order valence-corrected chi connectivity index (χ3v) is 5.44. The first-order valence-electron chi connectivity index (χ1n) is 9.52. The van der Waals surface area contributed by atoms with Crippen LogP contribution in [0.25, 0.3) is 0 Å². The lowest BCUT2D eigenvalue weighted by atomic mass is 10.0. The smallest absolute Gasteiger partial charge is 0.414 e. The molecule has 1 N–H and O–H groups in total. The van der Waals surface area contributed by atoms with E-state index >= 15 is 0 Å². The lowest BCUT2D eigenvalue weighted by molar-refractivity contribution is -0.119. The zero-order chi connectivity index (χ0) is 21.7. The number of nitrogens with zero attached hydrogens (tertiary/aromatic N) is 3. The Hall–Kier alpha value is -2.50. The summed E-state index contributed by atoms with van der Waals surface area (Å²) in [5.41, 5.74) is 2.08. The number of halogens is 3. The highest BCUT2D eigenvalue weighted by atomic mass is 35.5. The van der Waals surface area contributed by atoms with Crippen LogP contribution in [0.5, 0.6) is 0 Å². The van der Waals surface area contributed by atoms with E-state index in [1.54, 1.807) is 12.1 Å². The Balaban J connectivity index is 1.61. The Morgan fingerprint density at radius 1 is 1.40 bits per heavy atom. The van der Waals surface area contributed by atoms with E-state index in [-0.39, 0.29) is 13.1 Å². The van der Waals surface area contributed by atoms with Crippen molar-refractivity contribution in [3.05, 3.63) is 35.7 Å². The molecule has 0 aliphatic carbocycles. The van der Waals surface area contributed by atoms with Gasteiger partial charge in [-0.25, -0.2) is 9.18 Å². The minimum absolute atomic E-state index is 0.0625. The molecule has 2 aliphatic heterocycles. The number of nitrogens with one attached hydrogen (secondary N) is 1. The van der Waals surface area contributed by atoms with Crippen molar-refractivity contribution >= 4 is 46.6 Å². The first kappa shape index (κ1) is 22.2. The van der Waals surface area contributed by atoms with Crippen molar-refractivity contribution in [3.63, 3.8) is 0 Å². The first-order valence-corrected chi connectivity index (χ1v) is 10.4. The molecular formula is C20H21Cl2FN4O3. The molecular weight excluding hydrogens is 434 g/mol. The number of piperidine rings is 1. The van der Waals surface area contributed by atoms with Gasteiger partial charge in [-0.2, -0.15) is 5.26 Å². The highest BCUT2D eigenvalue weighted by Gasteiger charge is 2.33. The maximum Gasteiger partial charge on any atom is 0.414 e. The highest BCUT2D eigenvalue weighted by Crippen LogP contribution is 2.30. The normalized spacial score (nSPS) is 19.0. The molecule has 0 spiro atoms. The number of hydrogen-bond acceptors (Lipinski definition) is 5. The molecule has 10 heteroatoms. The molecule has 2 fully saturated rings. The molecule has 0 aromatic heterocycles. The summed E-state index contributed by atoms with van der Waals surface area (Å²) in [6, 6.07) is 6.74. The number of ether oxygens (including phenoxy) is 1. The summed E-state index contributed by atoms with van der Waals surface area (Å²) in [5.74, 6) is -0.996. The van der Waals surface area contributed by atoms with Crippen LogP contribution in [0.2, 0.25) is 0 Å². The van der Waals surface area contributed by atoms with Gasteiger partial charge in [-0.3, -0.25) is 9.69 Å². The van der Waals surface area contributed by atoms with Crippen molar-refractivity contribution in [2.24, 2.45) is 0 Å². The molecule has 1 aromatic carbocycles. The number of carbonyl (C=O) groups excluding carboxylic acids is 2. The van der Waals surface area contributed by atoms with E-state index < -0.39 is 28.8 Å². The van der Waals surface area contributed by atoms with Gasteiger partial charge in [-0.15, -0.1) is 0 Å². The fourth-order valence-corrected chi connectivity index (χ4v) is 3.63. The van der Waals surface area contributed by atoms with Crippen LogP contribution >= 0.6 is 23.2 Å². The highest BCUT2D eigenvalue weighted by molar-refractivity contribution is 6.53. The van der Waals surface area contributed by atoms with Crippen LogP contribution in [0.1, 0.15) is 19.3 Å². The van der Waals surface area contributed by atoms with Crippen LogP contribution in [-0.2, 0) is 9.53 Å². The van der Waals surface area contributed by atoms with E-state index in [1.807, 2.05) is 11.0 Å². The Labute approximate surface area is 184 Å². The summed E-state index contributed by atoms with van der Waals surface area (Å²) in [7, 11) is 0. The van der Waals surface area contributed by atoms with E-state index in [9.17, 15) is 14.0 Å². The lowest BCUT2D eigenvalue weighted by Crippen LogP contribution is -2.37. The predicted octanol–water partition coefficient (Wildman–Crippen LogP) is 3.51. The van der Waals surface area contributed by atoms with Crippen molar-refractivity contribution in [1.29, 1.82) is 5.26 Å². The van der Waals surface area contributed by atoms with Crippen LogP contribution in [0.4, 0.5) is 20.6 Å². The van der Waals surface area contributed by atoms with E-state index in [4.69, 9.17) is 33.2 Å². The van der Waals surface area contributed by atoms with Gasteiger partial charge in [0.2, 0.25) is 0 Å². The molecule has 1 aromatic rings. The van der Waals surface area contributed by atoms with Crippen LogP contribution in [0, 0.1) is 17.1 Å². The molecule has 7 nitrogen and oxygen atoms in total. The Morgan fingerprint density at radius 2 is 2.13 bits per heavy atom. The molecule has 2 saturated heterocycles.